The van der Waals surface area contributed by atoms with Gasteiger partial charge in [-0.15, -0.1) is 0 Å². The lowest BCUT2D eigenvalue weighted by Gasteiger charge is -2.10. The third kappa shape index (κ3) is 2.29. The van der Waals surface area contributed by atoms with E-state index in [9.17, 15) is 0 Å². The third-order valence-corrected chi connectivity index (χ3v) is 3.28. The predicted octanol–water partition coefficient (Wildman–Crippen LogP) is 3.06. The predicted molar refractivity (Wildman–Crippen MR) is 77.0 cm³/mol. The summed E-state index contributed by atoms with van der Waals surface area (Å²) in [5, 5.41) is 5.81. The number of aromatic nitrogens is 3. The first-order valence-electron chi connectivity index (χ1n) is 6.44. The van der Waals surface area contributed by atoms with Crippen molar-refractivity contribution < 1.29 is 0 Å². The van der Waals surface area contributed by atoms with Crippen LogP contribution in [0.3, 0.4) is 0 Å². The Morgan fingerprint density at radius 1 is 1.16 bits per heavy atom. The van der Waals surface area contributed by atoms with E-state index in [0.29, 0.717) is 0 Å². The number of hydrogen-bond acceptors (Lipinski definition) is 3. The molecule has 19 heavy (non-hydrogen) atoms. The van der Waals surface area contributed by atoms with Gasteiger partial charge in [0.2, 0.25) is 0 Å². The smallest absolute Gasteiger partial charge is 0.0948 e. The van der Waals surface area contributed by atoms with Gasteiger partial charge in [-0.1, -0.05) is 12.1 Å². The van der Waals surface area contributed by atoms with Crippen molar-refractivity contribution in [1.29, 1.82) is 0 Å². The number of aryl methyl sites for hydroxylation is 1. The fourth-order valence-electron chi connectivity index (χ4n) is 2.23. The highest BCUT2D eigenvalue weighted by Crippen LogP contribution is 2.22. The number of pyridine rings is 1. The minimum atomic E-state index is 0.766. The zero-order valence-electron chi connectivity index (χ0n) is 10.9. The summed E-state index contributed by atoms with van der Waals surface area (Å²) in [6.07, 6.45) is 7.48. The lowest BCUT2D eigenvalue weighted by Crippen LogP contribution is -2.06. The summed E-state index contributed by atoms with van der Waals surface area (Å²) in [5.74, 6) is 0. The van der Waals surface area contributed by atoms with E-state index in [1.807, 2.05) is 31.0 Å². The van der Waals surface area contributed by atoms with Crippen LogP contribution in [0.2, 0.25) is 0 Å². The molecule has 1 N–H and O–H groups in total. The van der Waals surface area contributed by atoms with Gasteiger partial charge in [-0.05, 0) is 24.4 Å². The first-order valence-corrected chi connectivity index (χ1v) is 6.44. The van der Waals surface area contributed by atoms with Crippen LogP contribution < -0.4 is 5.32 Å². The second-order valence-electron chi connectivity index (χ2n) is 4.43. The Balaban J connectivity index is 1.86. The van der Waals surface area contributed by atoms with Crippen molar-refractivity contribution in [3.63, 3.8) is 0 Å². The second-order valence-corrected chi connectivity index (χ2v) is 4.43. The van der Waals surface area contributed by atoms with Crippen LogP contribution in [0.5, 0.6) is 0 Å². The van der Waals surface area contributed by atoms with E-state index in [4.69, 9.17) is 0 Å². The van der Waals surface area contributed by atoms with Crippen LogP contribution in [-0.4, -0.2) is 14.5 Å². The first-order chi connectivity index (χ1) is 9.38. The molecule has 0 saturated carbocycles. The molecular formula is C15H16N4. The summed E-state index contributed by atoms with van der Waals surface area (Å²) in [6, 6.07) is 8.26. The van der Waals surface area contributed by atoms with Crippen LogP contribution in [0.15, 0.2) is 49.2 Å². The fraction of sp³-hybridized carbons (Fsp3) is 0.200. The summed E-state index contributed by atoms with van der Waals surface area (Å²) < 4.78 is 2.14. The molecule has 3 rings (SSSR count). The highest BCUT2D eigenvalue weighted by Gasteiger charge is 2.03. The molecule has 96 valence electrons. The number of anilines is 1. The van der Waals surface area contributed by atoms with E-state index in [1.54, 1.807) is 0 Å². The Bertz CT molecular complexity index is 682. The molecule has 0 amide bonds. The molecule has 4 heteroatoms. The molecule has 0 aliphatic heterocycles. The van der Waals surface area contributed by atoms with Crippen LogP contribution in [-0.2, 0) is 13.1 Å². The quantitative estimate of drug-likeness (QED) is 0.776. The Morgan fingerprint density at radius 2 is 2.11 bits per heavy atom. The Hall–Kier alpha value is -2.36. The number of imidazole rings is 1. The average Bonchev–Trinajstić information content (AvgIpc) is 2.92. The molecule has 3 aromatic rings. The molecule has 0 radical (unpaired) electrons. The van der Waals surface area contributed by atoms with Gasteiger partial charge >= 0.3 is 0 Å². The summed E-state index contributed by atoms with van der Waals surface area (Å²) in [4.78, 5) is 8.37. The summed E-state index contributed by atoms with van der Waals surface area (Å²) >= 11 is 0. The van der Waals surface area contributed by atoms with Gasteiger partial charge in [-0.2, -0.15) is 0 Å². The number of nitrogens with zero attached hydrogens (tertiary/aromatic N) is 3. The van der Waals surface area contributed by atoms with Gasteiger partial charge in [0.15, 0.2) is 0 Å². The number of rotatable bonds is 4. The van der Waals surface area contributed by atoms with Crippen molar-refractivity contribution in [2.75, 3.05) is 5.32 Å². The SMILES string of the molecule is CCn1cncc1CNc1cccc2ccncc12. The van der Waals surface area contributed by atoms with Crippen LogP contribution in [0.4, 0.5) is 5.69 Å². The number of fused-ring (bicyclic) bond motifs is 1. The van der Waals surface area contributed by atoms with Gasteiger partial charge in [0.25, 0.3) is 0 Å². The maximum absolute atomic E-state index is 4.19. The maximum atomic E-state index is 4.19. The van der Waals surface area contributed by atoms with Crippen molar-refractivity contribution in [1.82, 2.24) is 14.5 Å². The van der Waals surface area contributed by atoms with E-state index in [-0.39, 0.29) is 0 Å². The average molecular weight is 252 g/mol. The van der Waals surface area contributed by atoms with Crippen LogP contribution in [0.1, 0.15) is 12.6 Å². The molecule has 0 spiro atoms. The summed E-state index contributed by atoms with van der Waals surface area (Å²) in [7, 11) is 0. The van der Waals surface area contributed by atoms with Crippen molar-refractivity contribution in [2.24, 2.45) is 0 Å². The largest absolute Gasteiger partial charge is 0.379 e. The molecule has 2 aromatic heterocycles. The zero-order chi connectivity index (χ0) is 13.1. The normalized spacial score (nSPS) is 10.8. The van der Waals surface area contributed by atoms with E-state index < -0.39 is 0 Å². The van der Waals surface area contributed by atoms with E-state index >= 15 is 0 Å². The molecule has 2 heterocycles. The van der Waals surface area contributed by atoms with Crippen molar-refractivity contribution in [2.45, 2.75) is 20.0 Å². The van der Waals surface area contributed by atoms with Gasteiger partial charge in [-0.25, -0.2) is 4.98 Å². The van der Waals surface area contributed by atoms with Gasteiger partial charge < -0.3 is 9.88 Å². The van der Waals surface area contributed by atoms with Gasteiger partial charge in [0, 0.05) is 36.2 Å². The topological polar surface area (TPSA) is 42.7 Å². The molecule has 1 aromatic carbocycles. The Morgan fingerprint density at radius 3 is 3.00 bits per heavy atom. The van der Waals surface area contributed by atoms with Gasteiger partial charge in [0.1, 0.15) is 0 Å². The molecule has 4 nitrogen and oxygen atoms in total. The Kier molecular flexibility index (Phi) is 3.14. The third-order valence-electron chi connectivity index (χ3n) is 3.28. The summed E-state index contributed by atoms with van der Waals surface area (Å²) in [6.45, 7) is 3.82. The maximum Gasteiger partial charge on any atom is 0.0948 e. The fourth-order valence-corrected chi connectivity index (χ4v) is 2.23. The van der Waals surface area contributed by atoms with E-state index in [1.165, 1.54) is 11.1 Å². The molecule has 0 fully saturated rings. The molecule has 0 atom stereocenters. The molecular weight excluding hydrogens is 236 g/mol. The molecule has 0 aliphatic rings. The van der Waals surface area contributed by atoms with Crippen molar-refractivity contribution in [3.05, 3.63) is 54.9 Å². The Labute approximate surface area is 112 Å². The van der Waals surface area contributed by atoms with Gasteiger partial charge in [0.05, 0.1) is 18.6 Å². The molecule has 0 bridgehead atoms. The minimum Gasteiger partial charge on any atom is -0.379 e. The lowest BCUT2D eigenvalue weighted by atomic mass is 10.1. The molecule has 0 unspecified atom stereocenters. The monoisotopic (exact) mass is 252 g/mol. The number of hydrogen-bond donors (Lipinski definition) is 1. The first kappa shape index (κ1) is 11.7. The van der Waals surface area contributed by atoms with Gasteiger partial charge in [-0.3, -0.25) is 4.98 Å². The summed E-state index contributed by atoms with van der Waals surface area (Å²) in [5.41, 5.74) is 2.29. The van der Waals surface area contributed by atoms with Crippen LogP contribution in [0.25, 0.3) is 10.8 Å². The highest BCUT2D eigenvalue weighted by molar-refractivity contribution is 5.92. The number of benzene rings is 1. The van der Waals surface area contributed by atoms with Crippen molar-refractivity contribution in [3.8, 4) is 0 Å². The molecule has 0 saturated heterocycles. The van der Waals surface area contributed by atoms with E-state index in [0.717, 1.165) is 24.2 Å². The lowest BCUT2D eigenvalue weighted by molar-refractivity contribution is 0.720. The standard InChI is InChI=1S/C15H16N4/c1-2-19-11-17-8-13(19)9-18-15-5-3-4-12-6-7-16-10-14(12)15/h3-8,10-11,18H,2,9H2,1H3. The minimum absolute atomic E-state index is 0.766. The second kappa shape index (κ2) is 5.10. The van der Waals surface area contributed by atoms with E-state index in [2.05, 4.69) is 45.0 Å². The zero-order valence-corrected chi connectivity index (χ0v) is 10.9. The highest BCUT2D eigenvalue weighted by atomic mass is 15.1. The van der Waals surface area contributed by atoms with Crippen LogP contribution in [0, 0.1) is 0 Å². The van der Waals surface area contributed by atoms with Crippen molar-refractivity contribution >= 4 is 16.5 Å². The molecule has 0 aliphatic carbocycles. The van der Waals surface area contributed by atoms with Crippen LogP contribution >= 0.6 is 0 Å². The number of nitrogens with one attached hydrogen (secondary N) is 1.